The average molecular weight is 216 g/mol. The van der Waals surface area contributed by atoms with Gasteiger partial charge < -0.3 is 16.3 Å². The van der Waals surface area contributed by atoms with Gasteiger partial charge in [-0.1, -0.05) is 5.16 Å². The summed E-state index contributed by atoms with van der Waals surface area (Å²) in [6.07, 6.45) is 0. The highest BCUT2D eigenvalue weighted by Crippen LogP contribution is 2.16. The maximum absolute atomic E-state index is 8.58. The fraction of sp³-hybridized carbons (Fsp3) is 0.0909. The summed E-state index contributed by atoms with van der Waals surface area (Å²) in [4.78, 5) is 4.37. The van der Waals surface area contributed by atoms with Crippen LogP contribution in [0.3, 0.4) is 0 Å². The van der Waals surface area contributed by atoms with Crippen molar-refractivity contribution in [3.8, 4) is 0 Å². The van der Waals surface area contributed by atoms with E-state index in [0.717, 1.165) is 16.7 Å². The molecule has 0 atom stereocenters. The van der Waals surface area contributed by atoms with Crippen LogP contribution in [0.25, 0.3) is 10.9 Å². The zero-order valence-electron chi connectivity index (χ0n) is 8.81. The zero-order valence-corrected chi connectivity index (χ0v) is 8.81. The third-order valence-electron chi connectivity index (χ3n) is 2.35. The maximum Gasteiger partial charge on any atom is 0.170 e. The molecule has 0 spiro atoms. The Balaban J connectivity index is 2.56. The van der Waals surface area contributed by atoms with Gasteiger partial charge in [0.2, 0.25) is 0 Å². The Morgan fingerprint density at radius 3 is 2.88 bits per heavy atom. The first-order valence-electron chi connectivity index (χ1n) is 4.81. The van der Waals surface area contributed by atoms with Crippen LogP contribution >= 0.6 is 0 Å². The first-order chi connectivity index (χ1) is 7.74. The molecule has 0 radical (unpaired) electrons. The number of hydrogen-bond acceptors (Lipinski definition) is 4. The number of anilines is 1. The van der Waals surface area contributed by atoms with Gasteiger partial charge in [0.15, 0.2) is 5.84 Å². The van der Waals surface area contributed by atoms with Crippen LogP contribution in [0.15, 0.2) is 35.5 Å². The van der Waals surface area contributed by atoms with E-state index in [0.29, 0.717) is 5.56 Å². The second kappa shape index (κ2) is 4.06. The summed E-state index contributed by atoms with van der Waals surface area (Å²) in [7, 11) is 1.82. The number of nitrogens with one attached hydrogen (secondary N) is 1. The molecule has 0 saturated carbocycles. The number of fused-ring (bicyclic) bond motifs is 1. The molecular formula is C11H12N4O. The molecule has 0 amide bonds. The average Bonchev–Trinajstić information content (AvgIpc) is 2.36. The van der Waals surface area contributed by atoms with Gasteiger partial charge in [0.05, 0.1) is 5.52 Å². The van der Waals surface area contributed by atoms with E-state index in [4.69, 9.17) is 10.9 Å². The Morgan fingerprint density at radius 1 is 1.38 bits per heavy atom. The van der Waals surface area contributed by atoms with Crippen LogP contribution in [0.4, 0.5) is 5.82 Å². The maximum atomic E-state index is 8.58. The van der Waals surface area contributed by atoms with Crippen molar-refractivity contribution in [2.24, 2.45) is 10.9 Å². The molecule has 82 valence electrons. The van der Waals surface area contributed by atoms with E-state index >= 15 is 0 Å². The van der Waals surface area contributed by atoms with Gasteiger partial charge in [0, 0.05) is 18.0 Å². The lowest BCUT2D eigenvalue weighted by molar-refractivity contribution is 0.318. The van der Waals surface area contributed by atoms with E-state index in [9.17, 15) is 0 Å². The van der Waals surface area contributed by atoms with Crippen molar-refractivity contribution in [2.75, 3.05) is 12.4 Å². The smallest absolute Gasteiger partial charge is 0.170 e. The summed E-state index contributed by atoms with van der Waals surface area (Å²) in [6, 6.07) is 9.24. The van der Waals surface area contributed by atoms with Crippen LogP contribution in [0.2, 0.25) is 0 Å². The first kappa shape index (κ1) is 10.2. The van der Waals surface area contributed by atoms with E-state index in [1.807, 2.05) is 31.3 Å². The van der Waals surface area contributed by atoms with Crippen molar-refractivity contribution >= 4 is 22.6 Å². The lowest BCUT2D eigenvalue weighted by atomic mass is 10.1. The lowest BCUT2D eigenvalue weighted by Crippen LogP contribution is -2.12. The van der Waals surface area contributed by atoms with E-state index in [1.165, 1.54) is 0 Å². The molecule has 5 heteroatoms. The number of oxime groups is 1. The molecule has 0 saturated heterocycles. The predicted molar refractivity (Wildman–Crippen MR) is 63.8 cm³/mol. The number of amidine groups is 1. The molecule has 16 heavy (non-hydrogen) atoms. The topological polar surface area (TPSA) is 83.5 Å². The second-order valence-electron chi connectivity index (χ2n) is 3.34. The SMILES string of the molecule is CNc1ccc2cc(/C(N)=N/O)ccc2n1. The molecule has 1 aromatic heterocycles. The Kier molecular flexibility index (Phi) is 2.59. The molecule has 0 aliphatic rings. The van der Waals surface area contributed by atoms with Gasteiger partial charge in [-0.25, -0.2) is 4.98 Å². The highest BCUT2D eigenvalue weighted by Gasteiger charge is 2.02. The van der Waals surface area contributed by atoms with Crippen LogP contribution < -0.4 is 11.1 Å². The summed E-state index contributed by atoms with van der Waals surface area (Å²) >= 11 is 0. The summed E-state index contributed by atoms with van der Waals surface area (Å²) in [6.45, 7) is 0. The molecule has 4 N–H and O–H groups in total. The predicted octanol–water partition coefficient (Wildman–Crippen LogP) is 1.37. The van der Waals surface area contributed by atoms with Crippen molar-refractivity contribution in [3.63, 3.8) is 0 Å². The van der Waals surface area contributed by atoms with Gasteiger partial charge in [-0.05, 0) is 30.3 Å². The van der Waals surface area contributed by atoms with E-state index < -0.39 is 0 Å². The zero-order chi connectivity index (χ0) is 11.5. The van der Waals surface area contributed by atoms with Crippen LogP contribution in [0, 0.1) is 0 Å². The van der Waals surface area contributed by atoms with Crippen molar-refractivity contribution < 1.29 is 5.21 Å². The molecule has 0 bridgehead atoms. The van der Waals surface area contributed by atoms with Gasteiger partial charge in [0.25, 0.3) is 0 Å². The van der Waals surface area contributed by atoms with Crippen molar-refractivity contribution in [1.82, 2.24) is 4.98 Å². The lowest BCUT2D eigenvalue weighted by Gasteiger charge is -2.04. The fourth-order valence-corrected chi connectivity index (χ4v) is 1.48. The highest BCUT2D eigenvalue weighted by molar-refractivity contribution is 6.00. The summed E-state index contributed by atoms with van der Waals surface area (Å²) in [5.74, 6) is 0.906. The van der Waals surface area contributed by atoms with Gasteiger partial charge in [-0.3, -0.25) is 0 Å². The molecule has 0 aliphatic heterocycles. The number of benzene rings is 1. The standard InChI is InChI=1S/C11H12N4O/c1-13-10-5-3-7-6-8(11(12)15-16)2-4-9(7)14-10/h2-6,16H,1H3,(H2,12,15)(H,13,14). The Morgan fingerprint density at radius 2 is 2.19 bits per heavy atom. The first-order valence-corrected chi connectivity index (χ1v) is 4.81. The Labute approximate surface area is 92.6 Å². The van der Waals surface area contributed by atoms with Crippen LogP contribution in [-0.4, -0.2) is 23.1 Å². The largest absolute Gasteiger partial charge is 0.409 e. The number of hydrogen-bond donors (Lipinski definition) is 3. The second-order valence-corrected chi connectivity index (χ2v) is 3.34. The number of nitrogens with two attached hydrogens (primary N) is 1. The highest BCUT2D eigenvalue weighted by atomic mass is 16.4. The quantitative estimate of drug-likeness (QED) is 0.306. The van der Waals surface area contributed by atoms with Gasteiger partial charge in [0.1, 0.15) is 5.82 Å². The number of nitrogens with zero attached hydrogens (tertiary/aromatic N) is 2. The summed E-state index contributed by atoms with van der Waals surface area (Å²) < 4.78 is 0. The molecule has 2 aromatic rings. The Hall–Kier alpha value is -2.30. The van der Waals surface area contributed by atoms with E-state index in [1.54, 1.807) is 6.07 Å². The summed E-state index contributed by atoms with van der Waals surface area (Å²) in [5, 5.41) is 15.5. The molecule has 0 aliphatic carbocycles. The molecule has 2 rings (SSSR count). The van der Waals surface area contributed by atoms with Crippen molar-refractivity contribution in [1.29, 1.82) is 0 Å². The van der Waals surface area contributed by atoms with Crippen molar-refractivity contribution in [2.45, 2.75) is 0 Å². The summed E-state index contributed by atoms with van der Waals surface area (Å²) in [5.41, 5.74) is 7.05. The monoisotopic (exact) mass is 216 g/mol. The molecule has 1 aromatic carbocycles. The normalized spacial score (nSPS) is 11.7. The molecule has 5 nitrogen and oxygen atoms in total. The number of aromatic nitrogens is 1. The van der Waals surface area contributed by atoms with Crippen LogP contribution in [0.5, 0.6) is 0 Å². The minimum atomic E-state index is 0.0968. The van der Waals surface area contributed by atoms with E-state index in [-0.39, 0.29) is 5.84 Å². The fourth-order valence-electron chi connectivity index (χ4n) is 1.48. The molecule has 0 unspecified atom stereocenters. The molecule has 0 fully saturated rings. The van der Waals surface area contributed by atoms with Crippen molar-refractivity contribution in [3.05, 3.63) is 35.9 Å². The number of rotatable bonds is 2. The minimum absolute atomic E-state index is 0.0968. The third kappa shape index (κ3) is 1.75. The Bertz CT molecular complexity index is 551. The van der Waals surface area contributed by atoms with Crippen LogP contribution in [-0.2, 0) is 0 Å². The molecule has 1 heterocycles. The van der Waals surface area contributed by atoms with Gasteiger partial charge in [-0.2, -0.15) is 0 Å². The molecular weight excluding hydrogens is 204 g/mol. The van der Waals surface area contributed by atoms with Crippen LogP contribution in [0.1, 0.15) is 5.56 Å². The minimum Gasteiger partial charge on any atom is -0.409 e. The third-order valence-corrected chi connectivity index (χ3v) is 2.35. The number of pyridine rings is 1. The van der Waals surface area contributed by atoms with E-state index in [2.05, 4.69) is 15.5 Å². The van der Waals surface area contributed by atoms with Gasteiger partial charge in [-0.15, -0.1) is 0 Å². The van der Waals surface area contributed by atoms with Gasteiger partial charge >= 0.3 is 0 Å².